The van der Waals surface area contributed by atoms with Crippen molar-refractivity contribution >= 4 is 0 Å². The van der Waals surface area contributed by atoms with Gasteiger partial charge >= 0.3 is 0 Å². The van der Waals surface area contributed by atoms with Crippen LogP contribution in [0.5, 0.6) is 0 Å². The second-order valence-corrected chi connectivity index (χ2v) is 10.4. The van der Waals surface area contributed by atoms with E-state index in [4.69, 9.17) is 9.47 Å². The van der Waals surface area contributed by atoms with E-state index in [0.29, 0.717) is 12.5 Å². The maximum Gasteiger partial charge on any atom is 0.186 e. The summed E-state index contributed by atoms with van der Waals surface area (Å²) >= 11 is 0. The molecule has 5 nitrogen and oxygen atoms in total. The van der Waals surface area contributed by atoms with Gasteiger partial charge in [-0.25, -0.2) is 0 Å². The van der Waals surface area contributed by atoms with Crippen LogP contribution in [-0.2, 0) is 9.47 Å². The van der Waals surface area contributed by atoms with Gasteiger partial charge in [0.2, 0.25) is 0 Å². The third kappa shape index (κ3) is 12.0. The number of hydrogen-bond acceptors (Lipinski definition) is 5. The van der Waals surface area contributed by atoms with Crippen molar-refractivity contribution in [2.75, 3.05) is 13.2 Å². The summed E-state index contributed by atoms with van der Waals surface area (Å²) in [6.45, 7) is 12.2. The molecule has 1 unspecified atom stereocenters. The van der Waals surface area contributed by atoms with Gasteiger partial charge in [0.05, 0.1) is 13.2 Å². The summed E-state index contributed by atoms with van der Waals surface area (Å²) < 4.78 is 10.9. The van der Waals surface area contributed by atoms with Crippen LogP contribution in [0.2, 0.25) is 0 Å². The average molecular weight is 431 g/mol. The first-order valence-electron chi connectivity index (χ1n) is 12.5. The van der Waals surface area contributed by atoms with Crippen LogP contribution in [0.1, 0.15) is 98.8 Å². The molecule has 0 aromatic rings. The van der Waals surface area contributed by atoms with Crippen molar-refractivity contribution in [1.82, 2.24) is 0 Å². The molecule has 5 heteroatoms. The van der Waals surface area contributed by atoms with E-state index in [1.165, 1.54) is 57.8 Å². The summed E-state index contributed by atoms with van der Waals surface area (Å²) in [5.41, 5.74) is 0. The third-order valence-corrected chi connectivity index (χ3v) is 6.61. The fraction of sp³-hybridized carbons (Fsp3) is 1.00. The van der Waals surface area contributed by atoms with Crippen molar-refractivity contribution in [2.45, 2.75) is 123 Å². The number of aliphatic hydroxyl groups excluding tert-OH is 3. The SMILES string of the molecule is CC(C)CCC[C@@H](C)CCC[C@@H](C)CCCC(C)CCO[C@@H]1OC[C@@H](O)[C@H](O)[C@H]1O. The lowest BCUT2D eigenvalue weighted by Gasteiger charge is -2.35. The Balaban J connectivity index is 2.02. The third-order valence-electron chi connectivity index (χ3n) is 6.61. The Kier molecular flexibility index (Phi) is 14.5. The zero-order chi connectivity index (χ0) is 22.5. The lowest BCUT2D eigenvalue weighted by atomic mass is 9.91. The maximum atomic E-state index is 9.88. The Bertz CT molecular complexity index is 416. The van der Waals surface area contributed by atoms with E-state index in [-0.39, 0.29) is 6.61 Å². The molecule has 1 rings (SSSR count). The quantitative estimate of drug-likeness (QED) is 0.324. The Labute approximate surface area is 185 Å². The van der Waals surface area contributed by atoms with E-state index >= 15 is 0 Å². The normalized spacial score (nSPS) is 27.9. The van der Waals surface area contributed by atoms with Crippen molar-refractivity contribution < 1.29 is 24.8 Å². The molecule has 0 aromatic carbocycles. The topological polar surface area (TPSA) is 79.2 Å². The summed E-state index contributed by atoms with van der Waals surface area (Å²) in [7, 11) is 0. The molecule has 0 saturated carbocycles. The van der Waals surface area contributed by atoms with Gasteiger partial charge in [-0.3, -0.25) is 0 Å². The van der Waals surface area contributed by atoms with Gasteiger partial charge in [0.25, 0.3) is 0 Å². The number of ether oxygens (including phenoxy) is 2. The van der Waals surface area contributed by atoms with Crippen molar-refractivity contribution in [2.24, 2.45) is 23.7 Å². The molecule has 7 atom stereocenters. The highest BCUT2D eigenvalue weighted by Crippen LogP contribution is 2.23. The van der Waals surface area contributed by atoms with E-state index in [9.17, 15) is 15.3 Å². The number of aliphatic hydroxyl groups is 3. The first-order chi connectivity index (χ1) is 14.2. The molecule has 0 radical (unpaired) electrons. The van der Waals surface area contributed by atoms with Crippen LogP contribution in [0.3, 0.4) is 0 Å². The minimum Gasteiger partial charge on any atom is -0.388 e. The summed E-state index contributed by atoms with van der Waals surface area (Å²) in [6, 6.07) is 0. The molecule has 30 heavy (non-hydrogen) atoms. The van der Waals surface area contributed by atoms with Crippen molar-refractivity contribution in [1.29, 1.82) is 0 Å². The van der Waals surface area contributed by atoms with E-state index in [2.05, 4.69) is 34.6 Å². The Morgan fingerprint density at radius 1 is 0.700 bits per heavy atom. The zero-order valence-electron chi connectivity index (χ0n) is 20.3. The highest BCUT2D eigenvalue weighted by atomic mass is 16.7. The molecular formula is C25H50O5. The molecule has 3 N–H and O–H groups in total. The van der Waals surface area contributed by atoms with Gasteiger partial charge in [0.15, 0.2) is 6.29 Å². The largest absolute Gasteiger partial charge is 0.388 e. The van der Waals surface area contributed by atoms with Crippen LogP contribution >= 0.6 is 0 Å². The van der Waals surface area contributed by atoms with Crippen molar-refractivity contribution in [3.63, 3.8) is 0 Å². The minimum atomic E-state index is -1.20. The standard InChI is InChI=1S/C25H50O5/c1-18(2)9-6-10-19(3)11-7-12-20(4)13-8-14-21(5)15-16-29-25-24(28)23(27)22(26)17-30-25/h18-28H,6-17H2,1-5H3/t19-,20-,21?,22-,23+,24-,25-/m1/s1. The van der Waals surface area contributed by atoms with Gasteiger partial charge < -0.3 is 24.8 Å². The van der Waals surface area contributed by atoms with Crippen LogP contribution in [-0.4, -0.2) is 53.1 Å². The number of rotatable bonds is 16. The van der Waals surface area contributed by atoms with E-state index in [1.54, 1.807) is 0 Å². The van der Waals surface area contributed by atoms with E-state index in [1.807, 2.05) is 0 Å². The van der Waals surface area contributed by atoms with Gasteiger partial charge in [-0.15, -0.1) is 0 Å². The van der Waals surface area contributed by atoms with E-state index < -0.39 is 24.6 Å². The monoisotopic (exact) mass is 430 g/mol. The predicted molar refractivity (Wildman–Crippen MR) is 122 cm³/mol. The fourth-order valence-electron chi connectivity index (χ4n) is 4.25. The summed E-state index contributed by atoms with van der Waals surface area (Å²) in [4.78, 5) is 0. The van der Waals surface area contributed by atoms with Crippen molar-refractivity contribution in [3.05, 3.63) is 0 Å². The summed E-state index contributed by atoms with van der Waals surface area (Å²) in [6.07, 6.45) is 8.56. The van der Waals surface area contributed by atoms with E-state index in [0.717, 1.165) is 24.2 Å². The maximum absolute atomic E-state index is 9.88. The Hall–Kier alpha value is -0.200. The van der Waals surface area contributed by atoms with Crippen LogP contribution in [0.15, 0.2) is 0 Å². The first kappa shape index (κ1) is 27.8. The lowest BCUT2D eigenvalue weighted by molar-refractivity contribution is -0.270. The highest BCUT2D eigenvalue weighted by molar-refractivity contribution is 4.82. The molecule has 1 aliphatic rings. The van der Waals surface area contributed by atoms with Gasteiger partial charge in [0.1, 0.15) is 18.3 Å². The molecule has 0 spiro atoms. The first-order valence-corrected chi connectivity index (χ1v) is 12.5. The molecular weight excluding hydrogens is 380 g/mol. The summed E-state index contributed by atoms with van der Waals surface area (Å²) in [5.74, 6) is 3.07. The molecule has 0 aliphatic carbocycles. The lowest BCUT2D eigenvalue weighted by Crippen LogP contribution is -2.53. The minimum absolute atomic E-state index is 0.00689. The molecule has 180 valence electrons. The van der Waals surface area contributed by atoms with Gasteiger partial charge in [-0.1, -0.05) is 92.4 Å². The van der Waals surface area contributed by atoms with Gasteiger partial charge in [-0.05, 0) is 30.1 Å². The Morgan fingerprint density at radius 3 is 1.67 bits per heavy atom. The fourth-order valence-corrected chi connectivity index (χ4v) is 4.25. The van der Waals surface area contributed by atoms with Crippen LogP contribution in [0.25, 0.3) is 0 Å². The van der Waals surface area contributed by atoms with Crippen LogP contribution in [0.4, 0.5) is 0 Å². The van der Waals surface area contributed by atoms with Crippen LogP contribution < -0.4 is 0 Å². The van der Waals surface area contributed by atoms with Gasteiger partial charge in [0, 0.05) is 0 Å². The predicted octanol–water partition coefficient (Wildman–Crippen LogP) is 4.91. The zero-order valence-corrected chi connectivity index (χ0v) is 20.3. The number of hydrogen-bond donors (Lipinski definition) is 3. The molecule has 1 heterocycles. The Morgan fingerprint density at radius 2 is 1.17 bits per heavy atom. The smallest absolute Gasteiger partial charge is 0.186 e. The van der Waals surface area contributed by atoms with Crippen molar-refractivity contribution in [3.8, 4) is 0 Å². The van der Waals surface area contributed by atoms with Gasteiger partial charge in [-0.2, -0.15) is 0 Å². The molecule has 1 aliphatic heterocycles. The second kappa shape index (κ2) is 15.6. The average Bonchev–Trinajstić information content (AvgIpc) is 2.67. The second-order valence-electron chi connectivity index (χ2n) is 10.4. The molecule has 1 saturated heterocycles. The molecule has 1 fully saturated rings. The highest BCUT2D eigenvalue weighted by Gasteiger charge is 2.38. The summed E-state index contributed by atoms with van der Waals surface area (Å²) in [5, 5.41) is 29.0. The molecule has 0 bridgehead atoms. The molecule has 0 aromatic heterocycles. The van der Waals surface area contributed by atoms with Crippen LogP contribution in [0, 0.1) is 23.7 Å². The molecule has 0 amide bonds.